The lowest BCUT2D eigenvalue weighted by Crippen LogP contribution is -2.35. The number of ether oxygens (including phenoxy) is 1. The second kappa shape index (κ2) is 3.54. The van der Waals surface area contributed by atoms with Crippen LogP contribution in [0.25, 0.3) is 0 Å². The van der Waals surface area contributed by atoms with E-state index in [-0.39, 0.29) is 12.6 Å². The average Bonchev–Trinajstić information content (AvgIpc) is 2.31. The molecule has 0 aromatic carbocycles. The lowest BCUT2D eigenvalue weighted by Gasteiger charge is -2.23. The maximum atomic E-state index is 11.4. The molecule has 0 aromatic heterocycles. The number of carbonyl (C=O) groups excluding carboxylic acids is 1. The van der Waals surface area contributed by atoms with Crippen molar-refractivity contribution in [3.63, 3.8) is 0 Å². The third kappa shape index (κ3) is 3.22. The monoisotopic (exact) mass is 186 g/mol. The molecule has 1 rings (SSSR count). The molecule has 13 heavy (non-hydrogen) atoms. The minimum atomic E-state index is -0.632. The molecule has 1 aliphatic heterocycles. The predicted molar refractivity (Wildman–Crippen MR) is 46.9 cm³/mol. The van der Waals surface area contributed by atoms with Gasteiger partial charge in [-0.3, -0.25) is 0 Å². The van der Waals surface area contributed by atoms with Crippen LogP contribution < -0.4 is 0 Å². The number of hydrogen-bond donors (Lipinski definition) is 0. The van der Waals surface area contributed by atoms with Crippen molar-refractivity contribution in [3.05, 3.63) is 0 Å². The summed E-state index contributed by atoms with van der Waals surface area (Å²) in [5.41, 5.74) is -0.474. The summed E-state index contributed by atoms with van der Waals surface area (Å²) in [6.07, 6.45) is -0.461. The van der Waals surface area contributed by atoms with E-state index in [2.05, 4.69) is 0 Å². The number of rotatable bonds is 0. The van der Waals surface area contributed by atoms with E-state index in [0.29, 0.717) is 13.0 Å². The largest absolute Gasteiger partial charge is 0.444 e. The van der Waals surface area contributed by atoms with Gasteiger partial charge in [0, 0.05) is 6.54 Å². The fourth-order valence-electron chi connectivity index (χ4n) is 1.22. The molecule has 0 saturated carbocycles. The van der Waals surface area contributed by atoms with Crippen LogP contribution in [0.2, 0.25) is 0 Å². The highest BCUT2D eigenvalue weighted by molar-refractivity contribution is 5.68. The summed E-state index contributed by atoms with van der Waals surface area (Å²) in [4.78, 5) is 12.8. The molecule has 4 nitrogen and oxygen atoms in total. The molecule has 75 valence electrons. The normalized spacial score (nSPS) is 23.4. The van der Waals surface area contributed by atoms with Gasteiger partial charge in [-0.15, -0.1) is 0 Å². The Morgan fingerprint density at radius 3 is 2.46 bits per heavy atom. The second-order valence-electron chi connectivity index (χ2n) is 4.34. The summed E-state index contributed by atoms with van der Waals surface area (Å²) in [5, 5.41) is 11.0. The van der Waals surface area contributed by atoms with Gasteiger partial charge in [-0.25, -0.2) is 9.90 Å². The van der Waals surface area contributed by atoms with Gasteiger partial charge in [0.15, 0.2) is 0 Å². The molecule has 0 aromatic rings. The Kier molecular flexibility index (Phi) is 2.81. The van der Waals surface area contributed by atoms with Crippen LogP contribution in [0.5, 0.6) is 0 Å². The highest BCUT2D eigenvalue weighted by atomic mass is 16.6. The minimum absolute atomic E-state index is 0.287. The molecule has 1 radical (unpaired) electrons. The van der Waals surface area contributed by atoms with Crippen LogP contribution in [0.15, 0.2) is 0 Å². The second-order valence-corrected chi connectivity index (χ2v) is 4.34. The first-order chi connectivity index (χ1) is 5.88. The van der Waals surface area contributed by atoms with Crippen LogP contribution >= 0.6 is 0 Å². The number of amides is 1. The Labute approximate surface area is 78.5 Å². The predicted octanol–water partition coefficient (Wildman–Crippen LogP) is 1.43. The summed E-state index contributed by atoms with van der Waals surface area (Å²) in [5.74, 6) is 0. The number of hydrogen-bond acceptors (Lipinski definition) is 2. The SMILES string of the molecule is CC(C)(C)OC(=O)N1CCC([O])C1. The average molecular weight is 186 g/mol. The van der Waals surface area contributed by atoms with E-state index >= 15 is 0 Å². The van der Waals surface area contributed by atoms with E-state index in [9.17, 15) is 9.90 Å². The van der Waals surface area contributed by atoms with E-state index in [4.69, 9.17) is 4.74 Å². The standard InChI is InChI=1S/C9H16NO3/c1-9(2,3)13-8(12)10-5-4-7(11)6-10/h7H,4-6H2,1-3H3. The van der Waals surface area contributed by atoms with Crippen LogP contribution in [0.3, 0.4) is 0 Å². The van der Waals surface area contributed by atoms with Gasteiger partial charge >= 0.3 is 6.09 Å². The van der Waals surface area contributed by atoms with E-state index in [1.54, 1.807) is 0 Å². The van der Waals surface area contributed by atoms with Gasteiger partial charge < -0.3 is 9.64 Å². The molecule has 0 aliphatic carbocycles. The summed E-state index contributed by atoms with van der Waals surface area (Å²) < 4.78 is 5.12. The molecule has 1 aliphatic rings. The van der Waals surface area contributed by atoms with Crippen molar-refractivity contribution in [3.8, 4) is 0 Å². The van der Waals surface area contributed by atoms with Crippen LogP contribution in [0.1, 0.15) is 27.2 Å². The Hall–Kier alpha value is -0.770. The van der Waals surface area contributed by atoms with Gasteiger partial charge in [0.25, 0.3) is 0 Å². The quantitative estimate of drug-likeness (QED) is 0.574. The zero-order valence-corrected chi connectivity index (χ0v) is 8.37. The highest BCUT2D eigenvalue weighted by Crippen LogP contribution is 2.14. The first-order valence-electron chi connectivity index (χ1n) is 4.52. The fraction of sp³-hybridized carbons (Fsp3) is 0.889. The first kappa shape index (κ1) is 10.3. The van der Waals surface area contributed by atoms with Gasteiger partial charge in [-0.1, -0.05) is 0 Å². The van der Waals surface area contributed by atoms with Crippen molar-refractivity contribution in [1.29, 1.82) is 0 Å². The molecule has 1 saturated heterocycles. The summed E-state index contributed by atoms with van der Waals surface area (Å²) in [7, 11) is 0. The van der Waals surface area contributed by atoms with Crippen LogP contribution in [0.4, 0.5) is 4.79 Å². The highest BCUT2D eigenvalue weighted by Gasteiger charge is 2.29. The lowest BCUT2D eigenvalue weighted by molar-refractivity contribution is 0.0240. The lowest BCUT2D eigenvalue weighted by atomic mass is 10.2. The smallest absolute Gasteiger partial charge is 0.410 e. The van der Waals surface area contributed by atoms with Gasteiger partial charge in [-0.05, 0) is 27.2 Å². The molecule has 0 spiro atoms. The molecular formula is C9H16NO3. The molecule has 1 atom stereocenters. The zero-order chi connectivity index (χ0) is 10.1. The molecule has 1 heterocycles. The maximum absolute atomic E-state index is 11.4. The third-order valence-electron chi connectivity index (χ3n) is 1.80. The van der Waals surface area contributed by atoms with Gasteiger partial charge in [-0.2, -0.15) is 0 Å². The van der Waals surface area contributed by atoms with Crippen LogP contribution in [-0.2, 0) is 9.84 Å². The van der Waals surface area contributed by atoms with E-state index in [1.165, 1.54) is 4.90 Å². The first-order valence-corrected chi connectivity index (χ1v) is 4.52. The molecular weight excluding hydrogens is 170 g/mol. The van der Waals surface area contributed by atoms with Crippen molar-refractivity contribution >= 4 is 6.09 Å². The zero-order valence-electron chi connectivity index (χ0n) is 8.37. The van der Waals surface area contributed by atoms with Crippen molar-refractivity contribution in [2.24, 2.45) is 0 Å². The van der Waals surface area contributed by atoms with E-state index in [1.807, 2.05) is 20.8 Å². The van der Waals surface area contributed by atoms with Gasteiger partial charge in [0.2, 0.25) is 0 Å². The minimum Gasteiger partial charge on any atom is -0.444 e. The topological polar surface area (TPSA) is 49.4 Å². The van der Waals surface area contributed by atoms with Gasteiger partial charge in [0.05, 0.1) is 6.54 Å². The Morgan fingerprint density at radius 1 is 1.46 bits per heavy atom. The fourth-order valence-corrected chi connectivity index (χ4v) is 1.22. The van der Waals surface area contributed by atoms with Crippen molar-refractivity contribution < 1.29 is 14.6 Å². The Balaban J connectivity index is 2.41. The molecule has 4 heteroatoms. The number of likely N-dealkylation sites (tertiary alicyclic amines) is 1. The third-order valence-corrected chi connectivity index (χ3v) is 1.80. The van der Waals surface area contributed by atoms with Crippen molar-refractivity contribution in [2.45, 2.75) is 38.9 Å². The molecule has 0 N–H and O–H groups in total. The molecule has 1 amide bonds. The van der Waals surface area contributed by atoms with Crippen LogP contribution in [-0.4, -0.2) is 35.8 Å². The van der Waals surface area contributed by atoms with E-state index in [0.717, 1.165) is 0 Å². The molecule has 1 unspecified atom stereocenters. The van der Waals surface area contributed by atoms with Crippen molar-refractivity contribution in [1.82, 2.24) is 4.90 Å². The Bertz CT molecular complexity index is 198. The van der Waals surface area contributed by atoms with Crippen LogP contribution in [0, 0.1) is 0 Å². The summed E-state index contributed by atoms with van der Waals surface area (Å²) in [6, 6.07) is 0. The summed E-state index contributed by atoms with van der Waals surface area (Å²) in [6.45, 7) is 6.26. The molecule has 1 fully saturated rings. The number of carbonyl (C=O) groups is 1. The van der Waals surface area contributed by atoms with E-state index < -0.39 is 11.7 Å². The summed E-state index contributed by atoms with van der Waals surface area (Å²) >= 11 is 0. The number of nitrogens with zero attached hydrogens (tertiary/aromatic N) is 1. The molecule has 0 bridgehead atoms. The Morgan fingerprint density at radius 2 is 2.08 bits per heavy atom. The van der Waals surface area contributed by atoms with Crippen molar-refractivity contribution in [2.75, 3.05) is 13.1 Å². The van der Waals surface area contributed by atoms with Gasteiger partial charge in [0.1, 0.15) is 11.7 Å². The maximum Gasteiger partial charge on any atom is 0.410 e.